The lowest BCUT2D eigenvalue weighted by Crippen LogP contribution is -2.15. The van der Waals surface area contributed by atoms with E-state index < -0.39 is 5.91 Å². The molecule has 5 nitrogen and oxygen atoms in total. The van der Waals surface area contributed by atoms with Crippen molar-refractivity contribution in [2.24, 2.45) is 5.73 Å². The number of carbonyl (C=O) groups is 1. The van der Waals surface area contributed by atoms with Crippen molar-refractivity contribution in [3.05, 3.63) is 83.6 Å². The number of pyridine rings is 1. The number of primary amides is 1. The van der Waals surface area contributed by atoms with Crippen LogP contribution in [0.5, 0.6) is 0 Å². The van der Waals surface area contributed by atoms with Crippen LogP contribution in [0.3, 0.4) is 0 Å². The molecule has 126 valence electrons. The molecule has 1 heterocycles. The Bertz CT molecular complexity index is 861. The topological polar surface area (TPSA) is 80.0 Å². The molecule has 0 saturated heterocycles. The van der Waals surface area contributed by atoms with Crippen molar-refractivity contribution in [2.45, 2.75) is 13.5 Å². The van der Waals surface area contributed by atoms with Crippen LogP contribution in [0.15, 0.2) is 66.9 Å². The molecular weight excluding hydrogens is 312 g/mol. The Morgan fingerprint density at radius 2 is 1.80 bits per heavy atom. The lowest BCUT2D eigenvalue weighted by atomic mass is 10.2. The number of aromatic nitrogens is 1. The molecule has 2 aromatic carbocycles. The van der Waals surface area contributed by atoms with Crippen molar-refractivity contribution in [1.29, 1.82) is 0 Å². The number of nitrogens with one attached hydrogen (secondary N) is 2. The van der Waals surface area contributed by atoms with Gasteiger partial charge in [-0.25, -0.2) is 4.98 Å². The normalized spacial score (nSPS) is 10.3. The first-order valence-electron chi connectivity index (χ1n) is 8.03. The van der Waals surface area contributed by atoms with Crippen LogP contribution in [-0.4, -0.2) is 10.9 Å². The zero-order chi connectivity index (χ0) is 17.6. The van der Waals surface area contributed by atoms with E-state index in [9.17, 15) is 4.79 Å². The monoisotopic (exact) mass is 332 g/mol. The summed E-state index contributed by atoms with van der Waals surface area (Å²) in [6.07, 6.45) is 1.49. The van der Waals surface area contributed by atoms with E-state index in [-0.39, 0.29) is 0 Å². The second-order valence-corrected chi connectivity index (χ2v) is 5.81. The number of benzene rings is 2. The highest BCUT2D eigenvalue weighted by atomic mass is 16.1. The molecule has 3 rings (SSSR count). The third-order valence-corrected chi connectivity index (χ3v) is 3.82. The predicted molar refractivity (Wildman–Crippen MR) is 101 cm³/mol. The number of carbonyl (C=O) groups excluding carboxylic acids is 1. The third-order valence-electron chi connectivity index (χ3n) is 3.82. The van der Waals surface area contributed by atoms with Gasteiger partial charge >= 0.3 is 0 Å². The highest BCUT2D eigenvalue weighted by Gasteiger charge is 2.10. The summed E-state index contributed by atoms with van der Waals surface area (Å²) in [5, 5.41) is 6.50. The number of anilines is 3. The molecule has 5 heteroatoms. The minimum absolute atomic E-state index is 0.366. The fourth-order valence-corrected chi connectivity index (χ4v) is 2.44. The minimum Gasteiger partial charge on any atom is -0.380 e. The Morgan fingerprint density at radius 3 is 2.48 bits per heavy atom. The molecule has 1 amide bonds. The average Bonchev–Trinajstić information content (AvgIpc) is 2.63. The molecule has 0 radical (unpaired) electrons. The lowest BCUT2D eigenvalue weighted by molar-refractivity contribution is 0.100. The average molecular weight is 332 g/mol. The van der Waals surface area contributed by atoms with E-state index >= 15 is 0 Å². The van der Waals surface area contributed by atoms with Gasteiger partial charge in [-0.3, -0.25) is 4.79 Å². The van der Waals surface area contributed by atoms with Gasteiger partial charge in [0.2, 0.25) is 0 Å². The van der Waals surface area contributed by atoms with Crippen LogP contribution in [0.2, 0.25) is 0 Å². The molecule has 0 fully saturated rings. The van der Waals surface area contributed by atoms with Gasteiger partial charge in [-0.05, 0) is 24.6 Å². The van der Waals surface area contributed by atoms with Crippen molar-refractivity contribution in [1.82, 2.24) is 4.98 Å². The number of nitrogens with two attached hydrogens (primary N) is 1. The predicted octanol–water partition coefficient (Wildman–Crippen LogP) is 3.84. The molecule has 0 unspecified atom stereocenters. The Hall–Kier alpha value is -3.34. The van der Waals surface area contributed by atoms with Crippen LogP contribution in [0.4, 0.5) is 17.2 Å². The zero-order valence-corrected chi connectivity index (χ0v) is 14.0. The van der Waals surface area contributed by atoms with Gasteiger partial charge in [-0.2, -0.15) is 0 Å². The first-order valence-corrected chi connectivity index (χ1v) is 8.03. The maximum Gasteiger partial charge on any atom is 0.252 e. The van der Waals surface area contributed by atoms with E-state index in [4.69, 9.17) is 5.73 Å². The molecule has 3 aromatic rings. The van der Waals surface area contributed by atoms with E-state index in [0.717, 1.165) is 11.3 Å². The molecule has 0 aliphatic heterocycles. The molecule has 0 atom stereocenters. The highest BCUT2D eigenvalue weighted by Crippen LogP contribution is 2.22. The fraction of sp³-hybridized carbons (Fsp3) is 0.100. The van der Waals surface area contributed by atoms with Crippen molar-refractivity contribution in [2.75, 3.05) is 10.6 Å². The Kier molecular flexibility index (Phi) is 4.95. The Morgan fingerprint density at radius 1 is 1.08 bits per heavy atom. The van der Waals surface area contributed by atoms with Crippen LogP contribution in [0, 0.1) is 6.92 Å². The third kappa shape index (κ3) is 4.35. The van der Waals surface area contributed by atoms with Gasteiger partial charge in [-0.15, -0.1) is 0 Å². The molecule has 0 bridgehead atoms. The van der Waals surface area contributed by atoms with Gasteiger partial charge in [0.15, 0.2) is 0 Å². The van der Waals surface area contributed by atoms with Gasteiger partial charge in [0.1, 0.15) is 5.82 Å². The fourth-order valence-electron chi connectivity index (χ4n) is 2.44. The second kappa shape index (κ2) is 7.49. The maximum atomic E-state index is 11.7. The van der Waals surface area contributed by atoms with Gasteiger partial charge in [-0.1, -0.05) is 48.0 Å². The van der Waals surface area contributed by atoms with Crippen LogP contribution < -0.4 is 16.4 Å². The maximum absolute atomic E-state index is 11.7. The second-order valence-electron chi connectivity index (χ2n) is 5.81. The molecule has 0 saturated carbocycles. The smallest absolute Gasteiger partial charge is 0.252 e. The quantitative estimate of drug-likeness (QED) is 0.640. The zero-order valence-electron chi connectivity index (χ0n) is 14.0. The molecule has 25 heavy (non-hydrogen) atoms. The van der Waals surface area contributed by atoms with Gasteiger partial charge in [0, 0.05) is 24.5 Å². The van der Waals surface area contributed by atoms with Gasteiger partial charge in [0.05, 0.1) is 11.3 Å². The van der Waals surface area contributed by atoms with Crippen LogP contribution in [-0.2, 0) is 6.54 Å². The number of hydrogen-bond donors (Lipinski definition) is 3. The highest BCUT2D eigenvalue weighted by molar-refractivity contribution is 5.98. The molecule has 1 aromatic heterocycles. The molecule has 4 N–H and O–H groups in total. The summed E-state index contributed by atoms with van der Waals surface area (Å²) >= 11 is 0. The van der Waals surface area contributed by atoms with E-state index in [1.54, 1.807) is 6.07 Å². The number of amides is 1. The van der Waals surface area contributed by atoms with Crippen LogP contribution in [0.25, 0.3) is 0 Å². The lowest BCUT2D eigenvalue weighted by Gasteiger charge is -2.13. The number of rotatable bonds is 6. The Labute approximate surface area is 146 Å². The SMILES string of the molecule is Cc1ccc(Nc2cc(NCc3ccccc3)c(C(N)=O)cn2)cc1. The largest absolute Gasteiger partial charge is 0.380 e. The van der Waals surface area contributed by atoms with E-state index in [2.05, 4.69) is 15.6 Å². The summed E-state index contributed by atoms with van der Waals surface area (Å²) in [6, 6.07) is 19.8. The number of aryl methyl sites for hydroxylation is 1. The van der Waals surface area contributed by atoms with Gasteiger partial charge in [0.25, 0.3) is 5.91 Å². The van der Waals surface area contributed by atoms with Gasteiger partial charge < -0.3 is 16.4 Å². The van der Waals surface area contributed by atoms with Crippen molar-refractivity contribution >= 4 is 23.1 Å². The number of nitrogens with zero attached hydrogens (tertiary/aromatic N) is 1. The van der Waals surface area contributed by atoms with Crippen molar-refractivity contribution in [3.63, 3.8) is 0 Å². The summed E-state index contributed by atoms with van der Waals surface area (Å²) in [5.74, 6) is 0.134. The summed E-state index contributed by atoms with van der Waals surface area (Å²) in [6.45, 7) is 2.63. The van der Waals surface area contributed by atoms with E-state index in [0.29, 0.717) is 23.6 Å². The summed E-state index contributed by atoms with van der Waals surface area (Å²) < 4.78 is 0. The van der Waals surface area contributed by atoms with Crippen molar-refractivity contribution < 1.29 is 4.79 Å². The molecular formula is C20H20N4O. The molecule has 0 aliphatic rings. The minimum atomic E-state index is -0.509. The summed E-state index contributed by atoms with van der Waals surface area (Å²) in [4.78, 5) is 15.9. The first kappa shape index (κ1) is 16.5. The standard InChI is InChI=1S/C20H20N4O/c1-14-7-9-16(10-8-14)24-19-11-18(17(13-23-19)20(21)25)22-12-15-5-3-2-4-6-15/h2-11,13H,12H2,1H3,(H2,21,25)(H2,22,23,24). The number of hydrogen-bond acceptors (Lipinski definition) is 4. The van der Waals surface area contributed by atoms with Crippen LogP contribution >= 0.6 is 0 Å². The molecule has 0 aliphatic carbocycles. The van der Waals surface area contributed by atoms with Crippen LogP contribution in [0.1, 0.15) is 21.5 Å². The van der Waals surface area contributed by atoms with Crippen molar-refractivity contribution in [3.8, 4) is 0 Å². The summed E-state index contributed by atoms with van der Waals surface area (Å²) in [7, 11) is 0. The molecule has 0 spiro atoms. The first-order chi connectivity index (χ1) is 12.1. The van der Waals surface area contributed by atoms with E-state index in [1.807, 2.05) is 61.5 Å². The van der Waals surface area contributed by atoms with E-state index in [1.165, 1.54) is 11.8 Å². The summed E-state index contributed by atoms with van der Waals surface area (Å²) in [5.41, 5.74) is 9.71. The Balaban J connectivity index is 1.81.